The zero-order valence-corrected chi connectivity index (χ0v) is 12.9. The van der Waals surface area contributed by atoms with Gasteiger partial charge in [-0.05, 0) is 0 Å². The van der Waals surface area contributed by atoms with Crippen LogP contribution >= 0.6 is 0 Å². The molecule has 28 valence electrons. The average molecular weight is 352 g/mol. The van der Waals surface area contributed by atoms with Crippen molar-refractivity contribution in [2.24, 2.45) is 0 Å². The minimum Gasteiger partial charge on any atom is 0 e. The van der Waals surface area contributed by atoms with Crippen LogP contribution in [-0.4, -0.2) is 48.3 Å². The molecule has 0 aromatic heterocycles. The summed E-state index contributed by atoms with van der Waals surface area (Å²) in [5, 5.41) is 0. The van der Waals surface area contributed by atoms with Crippen molar-refractivity contribution >= 4 is 48.3 Å². The van der Waals surface area contributed by atoms with Crippen molar-refractivity contribution in [1.82, 2.24) is 0 Å². The molecular formula is H5NiSbSnTi. The Morgan fingerprint density at radius 1 is 1.00 bits per heavy atom. The monoisotopic (exact) mass is 352 g/mol. The van der Waals surface area contributed by atoms with Gasteiger partial charge in [-0.25, -0.2) is 0 Å². The van der Waals surface area contributed by atoms with E-state index in [4.69, 9.17) is 0 Å². The van der Waals surface area contributed by atoms with E-state index in [0.29, 0.717) is 0 Å². The number of rotatable bonds is 0. The molecule has 0 unspecified atom stereocenters. The fraction of sp³-hybridized carbons (Fsp3) is 0. The van der Waals surface area contributed by atoms with E-state index < -0.39 is 0 Å². The molecular weight excluding hydrogens is 347 g/mol. The molecule has 0 aliphatic rings. The van der Waals surface area contributed by atoms with E-state index in [1.54, 1.807) is 0 Å². The van der Waals surface area contributed by atoms with Crippen molar-refractivity contribution < 1.29 is 38.2 Å². The Balaban J connectivity index is 0. The normalized spacial score (nSPS) is 0. The van der Waals surface area contributed by atoms with E-state index in [1.807, 2.05) is 0 Å². The Bertz CT molecular complexity index is 8.00. The van der Waals surface area contributed by atoms with Gasteiger partial charge in [-0.3, -0.25) is 0 Å². The first-order valence-corrected chi connectivity index (χ1v) is 0. The van der Waals surface area contributed by atoms with Gasteiger partial charge < -0.3 is 0 Å². The third-order valence-corrected chi connectivity index (χ3v) is 0. The SMILES string of the molecule is [Ni].[SbH3].[SnH2].[Ti]. The molecule has 4 heavy (non-hydrogen) atoms. The molecule has 0 saturated carbocycles. The maximum atomic E-state index is 0. The summed E-state index contributed by atoms with van der Waals surface area (Å²) in [4.78, 5) is 0. The van der Waals surface area contributed by atoms with Crippen molar-refractivity contribution in [3.8, 4) is 0 Å². The first-order chi connectivity index (χ1) is 0. The molecule has 0 saturated heterocycles. The molecule has 0 atom stereocenters. The summed E-state index contributed by atoms with van der Waals surface area (Å²) in [7, 11) is 0. The predicted molar refractivity (Wildman–Crippen MR) is 18.5 cm³/mol. The van der Waals surface area contributed by atoms with Gasteiger partial charge in [-0.1, -0.05) is 0 Å². The standard InChI is InChI=1S/Ni.Sb.Sn.Ti.5H. The fourth-order valence-corrected chi connectivity index (χ4v) is 0. The molecule has 0 N–H and O–H groups in total. The summed E-state index contributed by atoms with van der Waals surface area (Å²) >= 11 is 0. The second-order valence-electron chi connectivity index (χ2n) is 0. The summed E-state index contributed by atoms with van der Waals surface area (Å²) in [6.45, 7) is 0. The fourth-order valence-electron chi connectivity index (χ4n) is 0. The van der Waals surface area contributed by atoms with Crippen LogP contribution in [0.1, 0.15) is 0 Å². The molecule has 0 heterocycles. The summed E-state index contributed by atoms with van der Waals surface area (Å²) in [6.07, 6.45) is 0. The Morgan fingerprint density at radius 2 is 1.00 bits per heavy atom. The Labute approximate surface area is 85.1 Å². The molecule has 2 radical (unpaired) electrons. The quantitative estimate of drug-likeness (QED) is 0.438. The van der Waals surface area contributed by atoms with Gasteiger partial charge in [0.1, 0.15) is 0 Å². The summed E-state index contributed by atoms with van der Waals surface area (Å²) in [6, 6.07) is 0. The van der Waals surface area contributed by atoms with E-state index in [0.717, 1.165) is 0 Å². The topological polar surface area (TPSA) is 0 Å². The second kappa shape index (κ2) is 17.0. The molecule has 0 spiro atoms. The maximum Gasteiger partial charge on any atom is 0 e. The van der Waals surface area contributed by atoms with Gasteiger partial charge in [0.25, 0.3) is 0 Å². The van der Waals surface area contributed by atoms with Gasteiger partial charge in [-0.2, -0.15) is 0 Å². The zero-order valence-electron chi connectivity index (χ0n) is 2.23. The van der Waals surface area contributed by atoms with Crippen LogP contribution in [-0.2, 0) is 38.2 Å². The van der Waals surface area contributed by atoms with Crippen molar-refractivity contribution in [2.45, 2.75) is 0 Å². The first kappa shape index (κ1) is 29.0. The molecule has 0 aromatic carbocycles. The molecule has 0 nitrogen and oxygen atoms in total. The minimum absolute atomic E-state index is 0. The van der Waals surface area contributed by atoms with E-state index in [2.05, 4.69) is 0 Å². The van der Waals surface area contributed by atoms with E-state index >= 15 is 0 Å². The third kappa shape index (κ3) is 8.85. The molecule has 0 aliphatic heterocycles. The van der Waals surface area contributed by atoms with Crippen LogP contribution in [0, 0.1) is 0 Å². The average Bonchev–Trinajstić information content (AvgIpc) is 0. The van der Waals surface area contributed by atoms with Gasteiger partial charge in [0, 0.05) is 38.2 Å². The van der Waals surface area contributed by atoms with Crippen LogP contribution in [0.15, 0.2) is 0 Å². The minimum atomic E-state index is 0. The largest absolute Gasteiger partial charge is 0 e. The number of hydrogen-bond acceptors (Lipinski definition) is 0. The molecule has 0 aliphatic carbocycles. The summed E-state index contributed by atoms with van der Waals surface area (Å²) in [5.41, 5.74) is 0. The summed E-state index contributed by atoms with van der Waals surface area (Å²) in [5.74, 6) is 0. The third-order valence-electron chi connectivity index (χ3n) is 0. The maximum absolute atomic E-state index is 0. The van der Waals surface area contributed by atoms with Crippen molar-refractivity contribution in [1.29, 1.82) is 0 Å². The molecule has 0 fully saturated rings. The number of hydrogen-bond donors (Lipinski definition) is 0. The Kier molecular flexibility index (Phi) is 123. The smallest absolute Gasteiger partial charge is 0 e. The zero-order chi connectivity index (χ0) is 0. The first-order valence-electron chi connectivity index (χ1n) is 0. The molecule has 0 rings (SSSR count). The Morgan fingerprint density at radius 3 is 1.00 bits per heavy atom. The van der Waals surface area contributed by atoms with Crippen molar-refractivity contribution in [3.63, 3.8) is 0 Å². The van der Waals surface area contributed by atoms with Crippen LogP contribution in [0.3, 0.4) is 0 Å². The van der Waals surface area contributed by atoms with Gasteiger partial charge in [0.2, 0.25) is 0 Å². The van der Waals surface area contributed by atoms with Crippen molar-refractivity contribution in [2.75, 3.05) is 0 Å². The van der Waals surface area contributed by atoms with Crippen LogP contribution in [0.25, 0.3) is 0 Å². The second-order valence-corrected chi connectivity index (χ2v) is 0. The van der Waals surface area contributed by atoms with Gasteiger partial charge in [-0.15, -0.1) is 0 Å². The molecule has 0 bridgehead atoms. The van der Waals surface area contributed by atoms with Crippen LogP contribution in [0.4, 0.5) is 0 Å². The van der Waals surface area contributed by atoms with E-state index in [-0.39, 0.29) is 86.5 Å². The van der Waals surface area contributed by atoms with Gasteiger partial charge in [0.05, 0.1) is 0 Å². The van der Waals surface area contributed by atoms with Crippen molar-refractivity contribution in [3.05, 3.63) is 0 Å². The van der Waals surface area contributed by atoms with E-state index in [1.165, 1.54) is 0 Å². The van der Waals surface area contributed by atoms with E-state index in [9.17, 15) is 0 Å². The predicted octanol–water partition coefficient (Wildman–Crippen LogP) is -2.11. The summed E-state index contributed by atoms with van der Waals surface area (Å²) < 4.78 is 0. The van der Waals surface area contributed by atoms with Crippen LogP contribution in [0.2, 0.25) is 0 Å². The van der Waals surface area contributed by atoms with Gasteiger partial charge in [0.15, 0.2) is 0 Å². The Hall–Kier alpha value is 2.82. The van der Waals surface area contributed by atoms with Gasteiger partial charge >= 0.3 is 48.3 Å². The van der Waals surface area contributed by atoms with Crippen LogP contribution < -0.4 is 0 Å². The van der Waals surface area contributed by atoms with Crippen LogP contribution in [0.5, 0.6) is 0 Å². The molecule has 0 aromatic rings. The molecule has 0 amide bonds. The molecule has 4 heteroatoms.